The Hall–Kier alpha value is -0.610. The van der Waals surface area contributed by atoms with E-state index in [0.717, 1.165) is 44.9 Å². The van der Waals surface area contributed by atoms with Crippen LogP contribution in [0, 0.1) is 11.3 Å². The summed E-state index contributed by atoms with van der Waals surface area (Å²) in [5.74, 6) is 0.738. The van der Waals surface area contributed by atoms with Crippen LogP contribution < -0.4 is 11.1 Å². The highest BCUT2D eigenvalue weighted by Crippen LogP contribution is 2.39. The van der Waals surface area contributed by atoms with Crippen LogP contribution in [0.1, 0.15) is 58.8 Å². The Morgan fingerprint density at radius 3 is 2.42 bits per heavy atom. The molecule has 2 saturated carbocycles. The average molecular weight is 268 g/mol. The summed E-state index contributed by atoms with van der Waals surface area (Å²) in [4.78, 5) is 12.6. The fraction of sp³-hybridized carbons (Fsp3) is 0.933. The van der Waals surface area contributed by atoms with Crippen molar-refractivity contribution >= 4 is 5.91 Å². The zero-order valence-electron chi connectivity index (χ0n) is 12.2. The first kappa shape index (κ1) is 14.8. The Labute approximate surface area is 116 Å². The lowest BCUT2D eigenvalue weighted by Crippen LogP contribution is -2.58. The monoisotopic (exact) mass is 268 g/mol. The van der Waals surface area contributed by atoms with Gasteiger partial charge in [-0.25, -0.2) is 0 Å². The molecule has 19 heavy (non-hydrogen) atoms. The van der Waals surface area contributed by atoms with Gasteiger partial charge in [-0.1, -0.05) is 13.3 Å². The van der Waals surface area contributed by atoms with Crippen molar-refractivity contribution in [3.63, 3.8) is 0 Å². The number of carbonyl (C=O) groups is 1. The molecule has 0 spiro atoms. The van der Waals surface area contributed by atoms with Gasteiger partial charge in [0.2, 0.25) is 5.91 Å². The predicted molar refractivity (Wildman–Crippen MR) is 75.5 cm³/mol. The number of amides is 1. The lowest BCUT2D eigenvalue weighted by atomic mass is 9.76. The van der Waals surface area contributed by atoms with Gasteiger partial charge in [0.15, 0.2) is 0 Å². The van der Waals surface area contributed by atoms with Crippen LogP contribution >= 0.6 is 0 Å². The van der Waals surface area contributed by atoms with Crippen LogP contribution in [-0.2, 0) is 4.79 Å². The van der Waals surface area contributed by atoms with Gasteiger partial charge in [-0.3, -0.25) is 4.79 Å². The van der Waals surface area contributed by atoms with Crippen molar-refractivity contribution in [1.29, 1.82) is 0 Å². The largest absolute Gasteiger partial charge is 0.394 e. The number of nitrogens with one attached hydrogen (secondary N) is 1. The van der Waals surface area contributed by atoms with Crippen molar-refractivity contribution < 1.29 is 9.90 Å². The molecule has 0 saturated heterocycles. The zero-order valence-corrected chi connectivity index (χ0v) is 12.2. The summed E-state index contributed by atoms with van der Waals surface area (Å²) >= 11 is 0. The van der Waals surface area contributed by atoms with Crippen LogP contribution in [0.4, 0.5) is 0 Å². The van der Waals surface area contributed by atoms with Gasteiger partial charge in [0, 0.05) is 6.04 Å². The molecule has 0 heterocycles. The molecule has 2 atom stereocenters. The molecule has 0 aromatic rings. The van der Waals surface area contributed by atoms with Crippen LogP contribution in [0.25, 0.3) is 0 Å². The van der Waals surface area contributed by atoms with Gasteiger partial charge in [0.05, 0.1) is 17.6 Å². The molecule has 2 rings (SSSR count). The first-order chi connectivity index (χ1) is 8.92. The van der Waals surface area contributed by atoms with E-state index in [9.17, 15) is 9.90 Å². The topological polar surface area (TPSA) is 75.3 Å². The molecular weight excluding hydrogens is 240 g/mol. The minimum atomic E-state index is -0.453. The Bertz CT molecular complexity index is 337. The molecule has 2 aliphatic carbocycles. The zero-order chi connectivity index (χ0) is 14.1. The number of hydrogen-bond acceptors (Lipinski definition) is 3. The molecule has 110 valence electrons. The fourth-order valence-electron chi connectivity index (χ4n) is 3.50. The van der Waals surface area contributed by atoms with Gasteiger partial charge >= 0.3 is 0 Å². The van der Waals surface area contributed by atoms with Crippen LogP contribution in [-0.4, -0.2) is 29.2 Å². The highest BCUT2D eigenvalue weighted by Gasteiger charge is 2.46. The smallest absolute Gasteiger partial charge is 0.228 e. The van der Waals surface area contributed by atoms with Crippen molar-refractivity contribution in [1.82, 2.24) is 5.32 Å². The number of rotatable bonds is 3. The van der Waals surface area contributed by atoms with Gasteiger partial charge in [-0.2, -0.15) is 0 Å². The van der Waals surface area contributed by atoms with Gasteiger partial charge in [0.25, 0.3) is 0 Å². The predicted octanol–water partition coefficient (Wildman–Crippen LogP) is 1.56. The van der Waals surface area contributed by atoms with Gasteiger partial charge in [-0.05, 0) is 51.4 Å². The van der Waals surface area contributed by atoms with Crippen LogP contribution in [0.5, 0.6) is 0 Å². The highest BCUT2D eigenvalue weighted by molar-refractivity contribution is 5.84. The molecular formula is C15H28N2O2. The maximum Gasteiger partial charge on any atom is 0.228 e. The Balaban J connectivity index is 2.04. The van der Waals surface area contributed by atoms with E-state index in [0.29, 0.717) is 5.92 Å². The summed E-state index contributed by atoms with van der Waals surface area (Å²) in [6.07, 6.45) is 6.70. The Kier molecular flexibility index (Phi) is 4.21. The standard InChI is InChI=1S/C15H28N2O2/c1-11-5-8-15(10-18,9-6-11)17-13(19)14(2)7-3-4-12(14)16/h11-12,18H,3-10,16H2,1-2H3,(H,17,19). The molecule has 0 bridgehead atoms. The lowest BCUT2D eigenvalue weighted by Gasteiger charge is -2.41. The van der Waals surface area contributed by atoms with E-state index in [4.69, 9.17) is 5.73 Å². The molecule has 2 aliphatic rings. The maximum atomic E-state index is 12.6. The second kappa shape index (κ2) is 5.41. The number of aliphatic hydroxyl groups is 1. The van der Waals surface area contributed by atoms with Crippen molar-refractivity contribution in [3.8, 4) is 0 Å². The first-order valence-corrected chi connectivity index (χ1v) is 7.61. The third-order valence-electron chi connectivity index (χ3n) is 5.46. The molecule has 4 heteroatoms. The lowest BCUT2D eigenvalue weighted by molar-refractivity contribution is -0.134. The van der Waals surface area contributed by atoms with E-state index < -0.39 is 11.0 Å². The number of aliphatic hydroxyl groups excluding tert-OH is 1. The first-order valence-electron chi connectivity index (χ1n) is 7.61. The second-order valence-electron chi connectivity index (χ2n) is 6.99. The summed E-state index contributed by atoms with van der Waals surface area (Å²) in [5, 5.41) is 12.9. The number of carbonyl (C=O) groups excluding carboxylic acids is 1. The van der Waals surface area contributed by atoms with E-state index in [1.54, 1.807) is 0 Å². The van der Waals surface area contributed by atoms with Crippen molar-refractivity contribution in [3.05, 3.63) is 0 Å². The molecule has 0 aliphatic heterocycles. The minimum Gasteiger partial charge on any atom is -0.394 e. The molecule has 0 aromatic heterocycles. The third-order valence-corrected chi connectivity index (χ3v) is 5.46. The Morgan fingerprint density at radius 2 is 1.95 bits per heavy atom. The van der Waals surface area contributed by atoms with E-state index in [1.165, 1.54) is 0 Å². The van der Waals surface area contributed by atoms with Crippen molar-refractivity contribution in [2.45, 2.75) is 70.4 Å². The van der Waals surface area contributed by atoms with Gasteiger partial charge < -0.3 is 16.2 Å². The Morgan fingerprint density at radius 1 is 1.32 bits per heavy atom. The quantitative estimate of drug-likeness (QED) is 0.727. The van der Waals surface area contributed by atoms with E-state index >= 15 is 0 Å². The van der Waals surface area contributed by atoms with Crippen LogP contribution in [0.15, 0.2) is 0 Å². The highest BCUT2D eigenvalue weighted by atomic mass is 16.3. The number of nitrogens with two attached hydrogens (primary N) is 1. The van der Waals surface area contributed by atoms with E-state index in [1.807, 2.05) is 6.92 Å². The second-order valence-corrected chi connectivity index (χ2v) is 6.99. The molecule has 2 fully saturated rings. The molecule has 2 unspecified atom stereocenters. The third kappa shape index (κ3) is 2.79. The summed E-state index contributed by atoms with van der Waals surface area (Å²) in [7, 11) is 0. The molecule has 0 aromatic carbocycles. The van der Waals surface area contributed by atoms with Crippen molar-refractivity contribution in [2.75, 3.05) is 6.61 Å². The summed E-state index contributed by atoms with van der Waals surface area (Å²) in [5.41, 5.74) is 5.24. The number of hydrogen-bond donors (Lipinski definition) is 3. The fourth-order valence-corrected chi connectivity index (χ4v) is 3.50. The summed E-state index contributed by atoms with van der Waals surface area (Å²) < 4.78 is 0. The maximum absolute atomic E-state index is 12.6. The normalized spacial score (nSPS) is 43.2. The summed E-state index contributed by atoms with van der Waals surface area (Å²) in [6.45, 7) is 4.24. The van der Waals surface area contributed by atoms with Crippen molar-refractivity contribution in [2.24, 2.45) is 17.1 Å². The van der Waals surface area contributed by atoms with Crippen LogP contribution in [0.2, 0.25) is 0 Å². The van der Waals surface area contributed by atoms with Gasteiger partial charge in [0.1, 0.15) is 0 Å². The molecule has 0 radical (unpaired) electrons. The SMILES string of the molecule is CC1CCC(CO)(NC(=O)C2(C)CCCC2N)CC1. The van der Waals surface area contributed by atoms with E-state index in [-0.39, 0.29) is 18.6 Å². The van der Waals surface area contributed by atoms with Gasteiger partial charge in [-0.15, -0.1) is 0 Å². The van der Waals surface area contributed by atoms with E-state index in [2.05, 4.69) is 12.2 Å². The summed E-state index contributed by atoms with van der Waals surface area (Å²) in [6, 6.07) is -0.0502. The molecule has 4 N–H and O–H groups in total. The molecule has 1 amide bonds. The minimum absolute atomic E-state index is 0.0385. The van der Waals surface area contributed by atoms with Crippen LogP contribution in [0.3, 0.4) is 0 Å². The molecule has 4 nitrogen and oxygen atoms in total. The average Bonchev–Trinajstić information content (AvgIpc) is 2.74.